The molecule has 0 radical (unpaired) electrons. The Morgan fingerprint density at radius 3 is 2.37 bits per heavy atom. The molecule has 0 N–H and O–H groups in total. The Bertz CT molecular complexity index is 1200. The maximum atomic E-state index is 14.0. The maximum Gasteiger partial charge on any atom is 0.269 e. The molecule has 6 nitrogen and oxygen atoms in total. The number of nitrogens with zero attached hydrogens (tertiary/aromatic N) is 4. The molecule has 0 fully saturated rings. The van der Waals surface area contributed by atoms with Crippen molar-refractivity contribution in [3.8, 4) is 17.1 Å². The lowest BCUT2D eigenvalue weighted by Crippen LogP contribution is -2.00. The van der Waals surface area contributed by atoms with Crippen LogP contribution in [-0.2, 0) is 5.75 Å². The Balaban J connectivity index is 1.72. The summed E-state index contributed by atoms with van der Waals surface area (Å²) in [4.78, 5) is 10.5. The van der Waals surface area contributed by atoms with Crippen molar-refractivity contribution in [2.24, 2.45) is 0 Å². The van der Waals surface area contributed by atoms with Crippen molar-refractivity contribution in [3.05, 3.63) is 100 Å². The van der Waals surface area contributed by atoms with Crippen molar-refractivity contribution in [2.45, 2.75) is 10.9 Å². The SMILES string of the molecule is O=[N+]([O-])c1ccc(-c2nnc(SCc3cccc(F)c3F)n2-c2ccccc2)cc1. The minimum absolute atomic E-state index is 0.0271. The van der Waals surface area contributed by atoms with Crippen LogP contribution in [0.3, 0.4) is 0 Å². The van der Waals surface area contributed by atoms with Gasteiger partial charge in [-0.05, 0) is 30.3 Å². The molecule has 0 aliphatic carbocycles. The van der Waals surface area contributed by atoms with Crippen molar-refractivity contribution < 1.29 is 13.7 Å². The standard InChI is InChI=1S/C21H14F2N4O2S/c22-18-8-4-5-15(19(18)23)13-30-21-25-24-20(26(21)16-6-2-1-3-7-16)14-9-11-17(12-10-14)27(28)29/h1-12H,13H2. The average molecular weight is 424 g/mol. The molecule has 0 spiro atoms. The smallest absolute Gasteiger partial charge is 0.269 e. The van der Waals surface area contributed by atoms with Gasteiger partial charge in [0.1, 0.15) is 0 Å². The number of hydrogen-bond acceptors (Lipinski definition) is 5. The van der Waals surface area contributed by atoms with Crippen LogP contribution in [0.1, 0.15) is 5.56 Å². The molecule has 0 aliphatic heterocycles. The van der Waals surface area contributed by atoms with E-state index in [-0.39, 0.29) is 17.0 Å². The van der Waals surface area contributed by atoms with Crippen LogP contribution in [0.4, 0.5) is 14.5 Å². The first kappa shape index (κ1) is 19.7. The molecular formula is C21H14F2N4O2S. The lowest BCUT2D eigenvalue weighted by Gasteiger charge is -2.10. The second-order valence-corrected chi connectivity index (χ2v) is 7.23. The quantitative estimate of drug-likeness (QED) is 0.235. The Morgan fingerprint density at radius 2 is 1.67 bits per heavy atom. The number of nitro benzene ring substituents is 1. The minimum atomic E-state index is -0.899. The van der Waals surface area contributed by atoms with Crippen LogP contribution < -0.4 is 0 Å². The fourth-order valence-corrected chi connectivity index (χ4v) is 3.82. The molecule has 9 heteroatoms. The topological polar surface area (TPSA) is 73.8 Å². The minimum Gasteiger partial charge on any atom is -0.270 e. The Kier molecular flexibility index (Phi) is 5.53. The molecule has 0 amide bonds. The highest BCUT2D eigenvalue weighted by Crippen LogP contribution is 2.31. The number of aromatic nitrogens is 3. The van der Waals surface area contributed by atoms with Crippen molar-refractivity contribution in [3.63, 3.8) is 0 Å². The molecule has 4 aromatic rings. The van der Waals surface area contributed by atoms with Crippen LogP contribution in [0, 0.1) is 21.7 Å². The third-order valence-corrected chi connectivity index (χ3v) is 5.35. The summed E-state index contributed by atoms with van der Waals surface area (Å²) in [6.07, 6.45) is 0. The number of non-ortho nitro benzene ring substituents is 1. The first-order valence-corrected chi connectivity index (χ1v) is 9.84. The van der Waals surface area contributed by atoms with E-state index in [9.17, 15) is 18.9 Å². The zero-order valence-electron chi connectivity index (χ0n) is 15.4. The van der Waals surface area contributed by atoms with E-state index >= 15 is 0 Å². The van der Waals surface area contributed by atoms with Crippen LogP contribution in [0.25, 0.3) is 17.1 Å². The highest BCUT2D eigenvalue weighted by atomic mass is 32.2. The van der Waals surface area contributed by atoms with Crippen LogP contribution in [0.2, 0.25) is 0 Å². The molecular weight excluding hydrogens is 410 g/mol. The summed E-state index contributed by atoms with van der Waals surface area (Å²) in [5, 5.41) is 19.9. The van der Waals surface area contributed by atoms with E-state index in [0.29, 0.717) is 16.5 Å². The molecule has 30 heavy (non-hydrogen) atoms. The van der Waals surface area contributed by atoms with Gasteiger partial charge in [0.25, 0.3) is 5.69 Å². The molecule has 0 atom stereocenters. The normalized spacial score (nSPS) is 10.9. The van der Waals surface area contributed by atoms with Gasteiger partial charge in [0.05, 0.1) is 4.92 Å². The molecule has 150 valence electrons. The van der Waals surface area contributed by atoms with Gasteiger partial charge in [0, 0.05) is 34.7 Å². The summed E-state index contributed by atoms with van der Waals surface area (Å²) in [5.74, 6) is -1.14. The number of nitro groups is 1. The Morgan fingerprint density at radius 1 is 0.933 bits per heavy atom. The predicted molar refractivity (Wildman–Crippen MR) is 109 cm³/mol. The summed E-state index contributed by atoms with van der Waals surface area (Å²) >= 11 is 1.22. The van der Waals surface area contributed by atoms with E-state index in [1.807, 2.05) is 30.3 Å². The summed E-state index contributed by atoms with van der Waals surface area (Å²) in [6.45, 7) is 0. The van der Waals surface area contributed by atoms with E-state index in [1.165, 1.54) is 36.0 Å². The summed E-state index contributed by atoms with van der Waals surface area (Å²) in [6, 6.07) is 19.4. The van der Waals surface area contributed by atoms with Gasteiger partial charge in [-0.15, -0.1) is 10.2 Å². The highest BCUT2D eigenvalue weighted by Gasteiger charge is 2.18. The number of halogens is 2. The third-order valence-electron chi connectivity index (χ3n) is 4.37. The lowest BCUT2D eigenvalue weighted by molar-refractivity contribution is -0.384. The van der Waals surface area contributed by atoms with Gasteiger partial charge in [0.15, 0.2) is 22.6 Å². The van der Waals surface area contributed by atoms with Crippen molar-refractivity contribution in [1.82, 2.24) is 14.8 Å². The largest absolute Gasteiger partial charge is 0.270 e. The lowest BCUT2D eigenvalue weighted by atomic mass is 10.2. The molecule has 4 rings (SSSR count). The molecule has 0 bridgehead atoms. The average Bonchev–Trinajstić information content (AvgIpc) is 3.19. The Hall–Kier alpha value is -3.59. The summed E-state index contributed by atoms with van der Waals surface area (Å²) in [5.41, 5.74) is 1.61. The fourth-order valence-electron chi connectivity index (χ4n) is 2.89. The van der Waals surface area contributed by atoms with E-state index < -0.39 is 16.6 Å². The molecule has 1 heterocycles. The summed E-state index contributed by atoms with van der Waals surface area (Å²) in [7, 11) is 0. The van der Waals surface area contributed by atoms with Crippen molar-refractivity contribution in [1.29, 1.82) is 0 Å². The number of rotatable bonds is 6. The van der Waals surface area contributed by atoms with Gasteiger partial charge in [-0.3, -0.25) is 14.7 Å². The number of thioether (sulfide) groups is 1. The number of para-hydroxylation sites is 1. The van der Waals surface area contributed by atoms with Crippen LogP contribution in [0.5, 0.6) is 0 Å². The van der Waals surface area contributed by atoms with Crippen LogP contribution >= 0.6 is 11.8 Å². The zero-order valence-corrected chi connectivity index (χ0v) is 16.2. The molecule has 1 aromatic heterocycles. The van der Waals surface area contributed by atoms with Crippen molar-refractivity contribution in [2.75, 3.05) is 0 Å². The monoisotopic (exact) mass is 424 g/mol. The maximum absolute atomic E-state index is 14.0. The molecule has 0 saturated heterocycles. The van der Waals surface area contributed by atoms with E-state index in [2.05, 4.69) is 10.2 Å². The number of benzene rings is 3. The van der Waals surface area contributed by atoms with Gasteiger partial charge in [-0.25, -0.2) is 8.78 Å². The predicted octanol–water partition coefficient (Wildman–Crippen LogP) is 5.41. The van der Waals surface area contributed by atoms with Gasteiger partial charge < -0.3 is 0 Å². The Labute approximate surface area is 174 Å². The molecule has 0 aliphatic rings. The molecule has 0 unspecified atom stereocenters. The second-order valence-electron chi connectivity index (χ2n) is 6.28. The van der Waals surface area contributed by atoms with Gasteiger partial charge in [0.2, 0.25) is 0 Å². The van der Waals surface area contributed by atoms with E-state index in [1.54, 1.807) is 16.7 Å². The van der Waals surface area contributed by atoms with E-state index in [4.69, 9.17) is 0 Å². The number of hydrogen-bond donors (Lipinski definition) is 0. The highest BCUT2D eigenvalue weighted by molar-refractivity contribution is 7.98. The van der Waals surface area contributed by atoms with Crippen molar-refractivity contribution >= 4 is 17.4 Å². The van der Waals surface area contributed by atoms with Gasteiger partial charge in [-0.1, -0.05) is 42.1 Å². The molecule has 0 saturated carbocycles. The zero-order chi connectivity index (χ0) is 21.1. The van der Waals surface area contributed by atoms with Crippen LogP contribution in [0.15, 0.2) is 78.0 Å². The van der Waals surface area contributed by atoms with Gasteiger partial charge in [-0.2, -0.15) is 0 Å². The second kappa shape index (κ2) is 8.42. The van der Waals surface area contributed by atoms with E-state index in [0.717, 1.165) is 11.8 Å². The first-order chi connectivity index (χ1) is 14.5. The third kappa shape index (κ3) is 3.92. The molecule has 3 aromatic carbocycles. The van der Waals surface area contributed by atoms with Gasteiger partial charge >= 0.3 is 0 Å². The van der Waals surface area contributed by atoms with Crippen LogP contribution in [-0.4, -0.2) is 19.7 Å². The first-order valence-electron chi connectivity index (χ1n) is 8.86. The summed E-state index contributed by atoms with van der Waals surface area (Å²) < 4.78 is 29.3. The fraction of sp³-hybridized carbons (Fsp3) is 0.0476.